The molecule has 1 unspecified atom stereocenters. The highest BCUT2D eigenvalue weighted by Gasteiger charge is 2.24. The first-order valence-electron chi connectivity index (χ1n) is 15.0. The van der Waals surface area contributed by atoms with Gasteiger partial charge in [-0.1, -0.05) is 60.7 Å². The van der Waals surface area contributed by atoms with Crippen LogP contribution in [0.15, 0.2) is 138 Å². The van der Waals surface area contributed by atoms with E-state index in [0.717, 1.165) is 10.5 Å². The molecule has 6 rings (SSSR count). The van der Waals surface area contributed by atoms with E-state index in [0.29, 0.717) is 28.4 Å². The minimum atomic E-state index is -0.687. The van der Waals surface area contributed by atoms with Crippen LogP contribution < -0.4 is 25.4 Å². The minimum Gasteiger partial charge on any atom is -0.454 e. The highest BCUT2D eigenvalue weighted by atomic mass is 32.2. The predicted octanol–water partition coefficient (Wildman–Crippen LogP) is 7.21. The second kappa shape index (κ2) is 15.0. The Morgan fingerprint density at radius 2 is 1.41 bits per heavy atom. The highest BCUT2D eigenvalue weighted by Crippen LogP contribution is 2.38. The molecule has 0 fully saturated rings. The fourth-order valence-corrected chi connectivity index (χ4v) is 5.93. The molecule has 0 spiro atoms. The van der Waals surface area contributed by atoms with E-state index in [2.05, 4.69) is 16.0 Å². The van der Waals surface area contributed by atoms with Gasteiger partial charge in [0.15, 0.2) is 11.5 Å². The van der Waals surface area contributed by atoms with Crippen LogP contribution in [0.3, 0.4) is 0 Å². The molecule has 3 N–H and O–H groups in total. The molecule has 0 saturated carbocycles. The summed E-state index contributed by atoms with van der Waals surface area (Å²) in [7, 11) is 0. The first-order chi connectivity index (χ1) is 23.8. The molecule has 12 heteroatoms. The zero-order valence-electron chi connectivity index (χ0n) is 25.7. The van der Waals surface area contributed by atoms with E-state index in [1.54, 1.807) is 78.9 Å². The molecule has 1 heterocycles. The maximum absolute atomic E-state index is 13.6. The lowest BCUT2D eigenvalue weighted by Gasteiger charge is -2.18. The molecule has 0 aromatic heterocycles. The van der Waals surface area contributed by atoms with Crippen LogP contribution in [0.25, 0.3) is 6.08 Å². The Labute approximate surface area is 285 Å². The van der Waals surface area contributed by atoms with Gasteiger partial charge < -0.3 is 25.4 Å². The van der Waals surface area contributed by atoms with Crippen molar-refractivity contribution < 1.29 is 28.8 Å². The average molecular weight is 673 g/mol. The molecular weight excluding hydrogens is 644 g/mol. The van der Waals surface area contributed by atoms with E-state index >= 15 is 0 Å². The van der Waals surface area contributed by atoms with E-state index < -0.39 is 22.0 Å². The summed E-state index contributed by atoms with van der Waals surface area (Å²) in [6, 6.07) is 35.6. The first-order valence-corrected chi connectivity index (χ1v) is 15.9. The number of nitro groups is 1. The van der Waals surface area contributed by atoms with Gasteiger partial charge in [0.05, 0.1) is 10.5 Å². The number of hydrogen-bond donors (Lipinski definition) is 3. The number of thioether (sulfide) groups is 1. The monoisotopic (exact) mass is 672 g/mol. The molecule has 0 saturated heterocycles. The Kier molecular flexibility index (Phi) is 9.96. The zero-order chi connectivity index (χ0) is 34.2. The largest absolute Gasteiger partial charge is 0.454 e. The quantitative estimate of drug-likeness (QED) is 0.0577. The summed E-state index contributed by atoms with van der Waals surface area (Å²) >= 11 is 1.33. The van der Waals surface area contributed by atoms with E-state index in [1.165, 1.54) is 36.0 Å². The number of benzene rings is 5. The van der Waals surface area contributed by atoms with Gasteiger partial charge in [-0.3, -0.25) is 24.5 Å². The van der Waals surface area contributed by atoms with Crippen LogP contribution in [0.5, 0.6) is 11.5 Å². The normalized spacial score (nSPS) is 12.4. The van der Waals surface area contributed by atoms with Crippen molar-refractivity contribution in [1.82, 2.24) is 5.32 Å². The molecule has 1 aliphatic rings. The molecule has 0 bridgehead atoms. The van der Waals surface area contributed by atoms with Crippen LogP contribution in [0.1, 0.15) is 26.7 Å². The standard InChI is InChI=1S/C37H28N4O7S/c42-35(25-11-5-2-6-12-25)40-30(21-26-13-7-8-14-31(26)41(45)46)36(43)38-27-15-18-29(19-16-27)49-34(24-9-3-1-4-10-24)37(44)39-28-17-20-32-33(22-28)48-23-47-32/h1-22,34H,23H2,(H,38,43)(H,39,44)(H,40,42)/b30-21-. The van der Waals surface area contributed by atoms with Crippen molar-refractivity contribution >= 4 is 52.6 Å². The second-order valence-electron chi connectivity index (χ2n) is 10.6. The summed E-state index contributed by atoms with van der Waals surface area (Å²) in [5.41, 5.74) is 1.80. The third-order valence-electron chi connectivity index (χ3n) is 7.31. The molecule has 49 heavy (non-hydrogen) atoms. The average Bonchev–Trinajstić information content (AvgIpc) is 3.60. The predicted molar refractivity (Wildman–Crippen MR) is 186 cm³/mol. The van der Waals surface area contributed by atoms with Crippen LogP contribution in [0.4, 0.5) is 17.1 Å². The molecule has 11 nitrogen and oxygen atoms in total. The highest BCUT2D eigenvalue weighted by molar-refractivity contribution is 8.00. The fraction of sp³-hybridized carbons (Fsp3) is 0.0541. The Balaban J connectivity index is 1.20. The number of hydrogen-bond acceptors (Lipinski definition) is 8. The summed E-state index contributed by atoms with van der Waals surface area (Å²) in [4.78, 5) is 51.9. The number of nitrogens with one attached hydrogen (secondary N) is 3. The van der Waals surface area contributed by atoms with Gasteiger partial charge in [0.1, 0.15) is 10.9 Å². The number of para-hydroxylation sites is 1. The molecular formula is C37H28N4O7S. The van der Waals surface area contributed by atoms with Crippen molar-refractivity contribution in [2.24, 2.45) is 0 Å². The van der Waals surface area contributed by atoms with Crippen LogP contribution in [-0.2, 0) is 9.59 Å². The summed E-state index contributed by atoms with van der Waals surface area (Å²) in [5.74, 6) is -0.321. The maximum atomic E-state index is 13.6. The van der Waals surface area contributed by atoms with E-state index in [-0.39, 0.29) is 29.6 Å². The summed E-state index contributed by atoms with van der Waals surface area (Å²) in [6.07, 6.45) is 1.27. The summed E-state index contributed by atoms with van der Waals surface area (Å²) in [6.45, 7) is 0.126. The van der Waals surface area contributed by atoms with Gasteiger partial charge in [-0.05, 0) is 66.2 Å². The minimum absolute atomic E-state index is 0.126. The summed E-state index contributed by atoms with van der Waals surface area (Å²) in [5, 5.41) is 19.3. The molecule has 1 aliphatic heterocycles. The van der Waals surface area contributed by atoms with Gasteiger partial charge >= 0.3 is 0 Å². The fourth-order valence-electron chi connectivity index (χ4n) is 4.91. The third-order valence-corrected chi connectivity index (χ3v) is 8.58. The molecule has 3 amide bonds. The van der Waals surface area contributed by atoms with Crippen molar-refractivity contribution in [3.8, 4) is 11.5 Å². The number of ether oxygens (including phenoxy) is 2. The molecule has 5 aromatic carbocycles. The van der Waals surface area contributed by atoms with Gasteiger partial charge in [0, 0.05) is 34.0 Å². The number of carbonyl (C=O) groups is 3. The van der Waals surface area contributed by atoms with Crippen LogP contribution in [0, 0.1) is 10.1 Å². The number of carbonyl (C=O) groups excluding carboxylic acids is 3. The van der Waals surface area contributed by atoms with E-state index in [4.69, 9.17) is 9.47 Å². The van der Waals surface area contributed by atoms with Crippen molar-refractivity contribution in [2.75, 3.05) is 17.4 Å². The lowest BCUT2D eigenvalue weighted by Crippen LogP contribution is -2.30. The van der Waals surface area contributed by atoms with Gasteiger partial charge in [-0.2, -0.15) is 0 Å². The molecule has 1 atom stereocenters. The van der Waals surface area contributed by atoms with Crippen LogP contribution >= 0.6 is 11.8 Å². The third kappa shape index (κ3) is 8.13. The van der Waals surface area contributed by atoms with Crippen LogP contribution in [-0.4, -0.2) is 29.4 Å². The first kappa shape index (κ1) is 32.5. The topological polar surface area (TPSA) is 149 Å². The number of nitrogens with zero attached hydrogens (tertiary/aromatic N) is 1. The maximum Gasteiger partial charge on any atom is 0.276 e. The van der Waals surface area contributed by atoms with Crippen molar-refractivity contribution in [3.63, 3.8) is 0 Å². The molecule has 5 aromatic rings. The number of amides is 3. The SMILES string of the molecule is O=C(Nc1ccc(SC(C(=O)Nc2ccc3c(c2)OCO3)c2ccccc2)cc1)/C(=C/c1ccccc1[N+](=O)[O-])NC(=O)c1ccccc1. The van der Waals surface area contributed by atoms with Crippen molar-refractivity contribution in [3.05, 3.63) is 160 Å². The van der Waals surface area contributed by atoms with Crippen molar-refractivity contribution in [1.29, 1.82) is 0 Å². The molecule has 0 aliphatic carbocycles. The smallest absolute Gasteiger partial charge is 0.276 e. The van der Waals surface area contributed by atoms with Gasteiger partial charge in [0.25, 0.3) is 17.5 Å². The zero-order valence-corrected chi connectivity index (χ0v) is 26.5. The number of nitro benzene ring substituents is 1. The number of anilines is 2. The number of fused-ring (bicyclic) bond motifs is 1. The Hall–Kier alpha value is -6.40. The molecule has 0 radical (unpaired) electrons. The van der Waals surface area contributed by atoms with Gasteiger partial charge in [-0.15, -0.1) is 11.8 Å². The van der Waals surface area contributed by atoms with Gasteiger partial charge in [0.2, 0.25) is 12.7 Å². The summed E-state index contributed by atoms with van der Waals surface area (Å²) < 4.78 is 10.8. The Bertz CT molecular complexity index is 2040. The van der Waals surface area contributed by atoms with Crippen molar-refractivity contribution in [2.45, 2.75) is 10.1 Å². The van der Waals surface area contributed by atoms with Crippen LogP contribution in [0.2, 0.25) is 0 Å². The lowest BCUT2D eigenvalue weighted by molar-refractivity contribution is -0.385. The Morgan fingerprint density at radius 1 is 0.755 bits per heavy atom. The van der Waals surface area contributed by atoms with E-state index in [1.807, 2.05) is 30.3 Å². The van der Waals surface area contributed by atoms with Gasteiger partial charge in [-0.25, -0.2) is 0 Å². The molecule has 244 valence electrons. The number of rotatable bonds is 11. The van der Waals surface area contributed by atoms with E-state index in [9.17, 15) is 24.5 Å². The Morgan fingerprint density at radius 3 is 2.14 bits per heavy atom. The lowest BCUT2D eigenvalue weighted by atomic mass is 10.1. The second-order valence-corrected chi connectivity index (χ2v) is 11.8.